The van der Waals surface area contributed by atoms with Crippen molar-refractivity contribution in [3.63, 3.8) is 0 Å². The molecular formula is C52H96O6. The van der Waals surface area contributed by atoms with Crippen LogP contribution in [0.4, 0.5) is 0 Å². The number of carbonyl (C=O) groups excluding carboxylic acids is 3. The number of ether oxygens (including phenoxy) is 3. The zero-order chi connectivity index (χ0) is 42.3. The van der Waals surface area contributed by atoms with Gasteiger partial charge in [0.15, 0.2) is 6.10 Å². The molecule has 0 amide bonds. The van der Waals surface area contributed by atoms with E-state index in [2.05, 4.69) is 45.1 Å². The summed E-state index contributed by atoms with van der Waals surface area (Å²) in [6.07, 6.45) is 53.0. The summed E-state index contributed by atoms with van der Waals surface area (Å²) in [5, 5.41) is 0. The van der Waals surface area contributed by atoms with Crippen molar-refractivity contribution in [1.82, 2.24) is 0 Å². The van der Waals surface area contributed by atoms with E-state index in [1.165, 1.54) is 161 Å². The van der Waals surface area contributed by atoms with Gasteiger partial charge in [0.1, 0.15) is 13.2 Å². The van der Waals surface area contributed by atoms with Crippen LogP contribution in [0.15, 0.2) is 24.3 Å². The summed E-state index contributed by atoms with van der Waals surface area (Å²) < 4.78 is 16.8. The molecule has 0 unspecified atom stereocenters. The summed E-state index contributed by atoms with van der Waals surface area (Å²) >= 11 is 0. The standard InChI is InChI=1S/C52H96O6/c1-4-7-10-13-16-19-22-24-25-26-28-30-33-36-39-42-45-51(54)57-48-49(47-56-50(53)44-41-38-35-32-29-21-18-15-12-9-6-3)58-52(55)46-43-40-37-34-31-27-23-20-17-14-11-8-5-2/h20,23,25-26,49H,4-19,21-22,24,27-48H2,1-3H3/b23-20-,26-25-/t49-/m1/s1. The van der Waals surface area contributed by atoms with E-state index < -0.39 is 6.10 Å². The van der Waals surface area contributed by atoms with Gasteiger partial charge in [-0.05, 0) is 70.6 Å². The van der Waals surface area contributed by atoms with Crippen LogP contribution in [-0.4, -0.2) is 37.2 Å². The SMILES string of the molecule is CCCCCC/C=C\CCCCCCCC(=O)O[C@@H](COC(=O)CCCCCCC/C=C\CCCCCCCCC)COC(=O)CCCCCCCCCCCCC. The number of hydrogen-bond donors (Lipinski definition) is 0. The van der Waals surface area contributed by atoms with Crippen molar-refractivity contribution in [3.8, 4) is 0 Å². The fourth-order valence-corrected chi connectivity index (χ4v) is 7.31. The van der Waals surface area contributed by atoms with Crippen LogP contribution in [0.3, 0.4) is 0 Å². The molecule has 6 nitrogen and oxygen atoms in total. The van der Waals surface area contributed by atoms with Crippen LogP contribution in [0.25, 0.3) is 0 Å². The monoisotopic (exact) mass is 817 g/mol. The highest BCUT2D eigenvalue weighted by Crippen LogP contribution is 2.15. The lowest BCUT2D eigenvalue weighted by atomic mass is 10.1. The van der Waals surface area contributed by atoms with Crippen molar-refractivity contribution in [2.75, 3.05) is 13.2 Å². The zero-order valence-electron chi connectivity index (χ0n) is 38.8. The maximum Gasteiger partial charge on any atom is 0.306 e. The molecule has 0 fully saturated rings. The first-order valence-electron chi connectivity index (χ1n) is 25.3. The van der Waals surface area contributed by atoms with Crippen LogP contribution in [0.5, 0.6) is 0 Å². The van der Waals surface area contributed by atoms with Crippen LogP contribution >= 0.6 is 0 Å². The first kappa shape index (κ1) is 55.9. The third-order valence-electron chi connectivity index (χ3n) is 11.2. The summed E-state index contributed by atoms with van der Waals surface area (Å²) in [5.41, 5.74) is 0. The van der Waals surface area contributed by atoms with E-state index in [0.29, 0.717) is 19.3 Å². The molecular weight excluding hydrogens is 721 g/mol. The van der Waals surface area contributed by atoms with Crippen molar-refractivity contribution in [2.24, 2.45) is 0 Å². The predicted octanol–water partition coefficient (Wildman–Crippen LogP) is 16.4. The van der Waals surface area contributed by atoms with Gasteiger partial charge in [0.25, 0.3) is 0 Å². The maximum atomic E-state index is 12.7. The minimum atomic E-state index is -0.773. The van der Waals surface area contributed by atoms with E-state index in [-0.39, 0.29) is 31.1 Å². The largest absolute Gasteiger partial charge is 0.462 e. The molecule has 0 aromatic carbocycles. The summed E-state index contributed by atoms with van der Waals surface area (Å²) in [5.74, 6) is -0.882. The van der Waals surface area contributed by atoms with Crippen molar-refractivity contribution >= 4 is 17.9 Å². The first-order chi connectivity index (χ1) is 28.5. The molecule has 0 heterocycles. The van der Waals surface area contributed by atoms with Gasteiger partial charge in [0.05, 0.1) is 0 Å². The molecule has 340 valence electrons. The zero-order valence-corrected chi connectivity index (χ0v) is 38.8. The summed E-state index contributed by atoms with van der Waals surface area (Å²) in [7, 11) is 0. The number of esters is 3. The molecule has 6 heteroatoms. The highest BCUT2D eigenvalue weighted by atomic mass is 16.6. The van der Waals surface area contributed by atoms with E-state index >= 15 is 0 Å². The summed E-state index contributed by atoms with van der Waals surface area (Å²) in [4.78, 5) is 37.9. The molecule has 0 aliphatic heterocycles. The second-order valence-corrected chi connectivity index (χ2v) is 17.1. The molecule has 0 bridgehead atoms. The van der Waals surface area contributed by atoms with Gasteiger partial charge in [-0.15, -0.1) is 0 Å². The Morgan fingerprint density at radius 3 is 0.879 bits per heavy atom. The normalized spacial score (nSPS) is 12.1. The number of allylic oxidation sites excluding steroid dienone is 4. The van der Waals surface area contributed by atoms with E-state index in [9.17, 15) is 14.4 Å². The highest BCUT2D eigenvalue weighted by Gasteiger charge is 2.19. The predicted molar refractivity (Wildman–Crippen MR) is 247 cm³/mol. The number of hydrogen-bond acceptors (Lipinski definition) is 6. The average Bonchev–Trinajstić information content (AvgIpc) is 3.22. The Kier molecular flexibility index (Phi) is 45.8. The van der Waals surface area contributed by atoms with Crippen molar-refractivity contribution in [3.05, 3.63) is 24.3 Å². The topological polar surface area (TPSA) is 78.9 Å². The number of rotatable bonds is 46. The van der Waals surface area contributed by atoms with Crippen LogP contribution in [0, 0.1) is 0 Å². The van der Waals surface area contributed by atoms with Gasteiger partial charge >= 0.3 is 17.9 Å². The Morgan fingerprint density at radius 1 is 0.328 bits per heavy atom. The molecule has 0 radical (unpaired) electrons. The Hall–Kier alpha value is -2.11. The third-order valence-corrected chi connectivity index (χ3v) is 11.2. The minimum Gasteiger partial charge on any atom is -0.462 e. The molecule has 0 aliphatic rings. The van der Waals surface area contributed by atoms with Gasteiger partial charge < -0.3 is 14.2 Å². The first-order valence-corrected chi connectivity index (χ1v) is 25.3. The Bertz CT molecular complexity index is 942. The smallest absolute Gasteiger partial charge is 0.306 e. The van der Waals surface area contributed by atoms with Crippen LogP contribution < -0.4 is 0 Å². The number of carbonyl (C=O) groups is 3. The molecule has 0 rings (SSSR count). The fraction of sp³-hybridized carbons (Fsp3) is 0.865. The molecule has 0 saturated carbocycles. The van der Waals surface area contributed by atoms with Crippen LogP contribution in [0.1, 0.15) is 271 Å². The maximum absolute atomic E-state index is 12.7. The van der Waals surface area contributed by atoms with E-state index in [1.807, 2.05) is 0 Å². The van der Waals surface area contributed by atoms with Gasteiger partial charge in [-0.2, -0.15) is 0 Å². The van der Waals surface area contributed by atoms with Crippen molar-refractivity contribution < 1.29 is 28.6 Å². The van der Waals surface area contributed by atoms with Gasteiger partial charge in [-0.25, -0.2) is 0 Å². The lowest BCUT2D eigenvalue weighted by Gasteiger charge is -2.18. The minimum absolute atomic E-state index is 0.0739. The Balaban J connectivity index is 4.35. The molecule has 58 heavy (non-hydrogen) atoms. The molecule has 0 N–H and O–H groups in total. The molecule has 1 atom stereocenters. The van der Waals surface area contributed by atoms with E-state index in [1.54, 1.807) is 0 Å². The molecule has 0 aliphatic carbocycles. The van der Waals surface area contributed by atoms with Crippen LogP contribution in [-0.2, 0) is 28.6 Å². The van der Waals surface area contributed by atoms with Crippen LogP contribution in [0.2, 0.25) is 0 Å². The highest BCUT2D eigenvalue weighted by molar-refractivity contribution is 5.71. The fourth-order valence-electron chi connectivity index (χ4n) is 7.31. The second kappa shape index (κ2) is 47.6. The van der Waals surface area contributed by atoms with Gasteiger partial charge in [-0.1, -0.05) is 206 Å². The van der Waals surface area contributed by atoms with E-state index in [0.717, 1.165) is 70.6 Å². The Morgan fingerprint density at radius 2 is 0.569 bits per heavy atom. The van der Waals surface area contributed by atoms with Gasteiger partial charge in [0, 0.05) is 19.3 Å². The molecule has 0 aromatic heterocycles. The summed E-state index contributed by atoms with van der Waals surface area (Å²) in [6, 6.07) is 0. The average molecular weight is 817 g/mol. The molecule has 0 spiro atoms. The molecule has 0 saturated heterocycles. The Labute approximate surface area is 360 Å². The summed E-state index contributed by atoms with van der Waals surface area (Å²) in [6.45, 7) is 6.62. The lowest BCUT2D eigenvalue weighted by Crippen LogP contribution is -2.30. The lowest BCUT2D eigenvalue weighted by molar-refractivity contribution is -0.167. The molecule has 0 aromatic rings. The van der Waals surface area contributed by atoms with Gasteiger partial charge in [-0.3, -0.25) is 14.4 Å². The van der Waals surface area contributed by atoms with Gasteiger partial charge in [0.2, 0.25) is 0 Å². The van der Waals surface area contributed by atoms with Crippen molar-refractivity contribution in [1.29, 1.82) is 0 Å². The number of unbranched alkanes of at least 4 members (excludes halogenated alkanes) is 31. The van der Waals surface area contributed by atoms with Crippen molar-refractivity contribution in [2.45, 2.75) is 277 Å². The van der Waals surface area contributed by atoms with E-state index in [4.69, 9.17) is 14.2 Å². The third kappa shape index (κ3) is 45.0. The quantitative estimate of drug-likeness (QED) is 0.0263. The second-order valence-electron chi connectivity index (χ2n) is 17.1.